The predicted molar refractivity (Wildman–Crippen MR) is 107 cm³/mol. The summed E-state index contributed by atoms with van der Waals surface area (Å²) in [4.78, 5) is 27.2. The Labute approximate surface area is 166 Å². The molecule has 1 heterocycles. The standard InChI is InChI=1S/C23H29NO4/c1-2-28-21-15-20(26)23(21)10-12-24(13-11-23)22(27)14-18-17(8-9-19(18)25)16-6-4-3-5-7-16/h3-7,20-21,26H,2,8-15H2,1H3/t20-,21+/m1/s1. The van der Waals surface area contributed by atoms with Crippen LogP contribution in [0.25, 0.3) is 5.57 Å². The van der Waals surface area contributed by atoms with Gasteiger partial charge in [0.1, 0.15) is 0 Å². The van der Waals surface area contributed by atoms with Crippen molar-refractivity contribution in [1.82, 2.24) is 4.90 Å². The Kier molecular flexibility index (Phi) is 5.39. The SMILES string of the molecule is CCO[C@H]1C[C@@H](O)C12CCN(C(=O)CC1=C(c3ccccc3)CCC1=O)CC2. The highest BCUT2D eigenvalue weighted by molar-refractivity contribution is 6.10. The second-order valence-electron chi connectivity index (χ2n) is 8.23. The maximum atomic E-state index is 12.9. The van der Waals surface area contributed by atoms with Gasteiger partial charge in [-0.25, -0.2) is 0 Å². The number of aliphatic hydroxyl groups excluding tert-OH is 1. The van der Waals surface area contributed by atoms with Gasteiger partial charge in [-0.3, -0.25) is 9.59 Å². The minimum atomic E-state index is -0.329. The van der Waals surface area contributed by atoms with Crippen LogP contribution in [0.5, 0.6) is 0 Å². The molecule has 5 heteroatoms. The van der Waals surface area contributed by atoms with Crippen LogP contribution in [0, 0.1) is 5.41 Å². The van der Waals surface area contributed by atoms with Crippen LogP contribution in [0.1, 0.15) is 51.0 Å². The van der Waals surface area contributed by atoms with Crippen molar-refractivity contribution in [2.45, 2.75) is 57.7 Å². The van der Waals surface area contributed by atoms with Gasteiger partial charge in [-0.15, -0.1) is 0 Å². The summed E-state index contributed by atoms with van der Waals surface area (Å²) in [7, 11) is 0. The van der Waals surface area contributed by atoms with E-state index in [4.69, 9.17) is 4.74 Å². The second kappa shape index (κ2) is 7.80. The lowest BCUT2D eigenvalue weighted by Crippen LogP contribution is -2.62. The highest BCUT2D eigenvalue weighted by atomic mass is 16.5. The van der Waals surface area contributed by atoms with Crippen molar-refractivity contribution < 1.29 is 19.4 Å². The van der Waals surface area contributed by atoms with Crippen molar-refractivity contribution in [2.24, 2.45) is 5.41 Å². The zero-order valence-corrected chi connectivity index (χ0v) is 16.5. The average Bonchev–Trinajstić information content (AvgIpc) is 3.09. The summed E-state index contributed by atoms with van der Waals surface area (Å²) in [5, 5.41) is 10.3. The minimum absolute atomic E-state index is 0.0234. The molecule has 5 nitrogen and oxygen atoms in total. The Hall–Kier alpha value is -1.98. The monoisotopic (exact) mass is 383 g/mol. The van der Waals surface area contributed by atoms with Gasteiger partial charge in [0.2, 0.25) is 5.91 Å². The fraction of sp³-hybridized carbons (Fsp3) is 0.565. The molecule has 1 spiro atoms. The van der Waals surface area contributed by atoms with E-state index in [-0.39, 0.29) is 35.7 Å². The van der Waals surface area contributed by atoms with Crippen molar-refractivity contribution in [3.8, 4) is 0 Å². The van der Waals surface area contributed by atoms with Crippen molar-refractivity contribution >= 4 is 17.3 Å². The normalized spacial score (nSPS) is 26.6. The number of allylic oxidation sites excluding steroid dienone is 1. The van der Waals surface area contributed by atoms with Crippen LogP contribution in [0.4, 0.5) is 0 Å². The highest BCUT2D eigenvalue weighted by Crippen LogP contribution is 2.51. The number of benzene rings is 1. The maximum absolute atomic E-state index is 12.9. The molecule has 1 aromatic carbocycles. The van der Waals surface area contributed by atoms with Gasteiger partial charge in [0.25, 0.3) is 0 Å². The number of amides is 1. The number of nitrogens with zero attached hydrogens (tertiary/aromatic N) is 1. The van der Waals surface area contributed by atoms with Crippen molar-refractivity contribution in [3.05, 3.63) is 41.5 Å². The summed E-state index contributed by atoms with van der Waals surface area (Å²) in [6.45, 7) is 3.89. The van der Waals surface area contributed by atoms with Gasteiger partial charge >= 0.3 is 0 Å². The molecule has 2 aliphatic carbocycles. The summed E-state index contributed by atoms with van der Waals surface area (Å²) in [6.07, 6.45) is 3.41. The molecule has 0 unspecified atom stereocenters. The number of aliphatic hydroxyl groups is 1. The maximum Gasteiger partial charge on any atom is 0.227 e. The molecule has 3 aliphatic rings. The molecule has 2 fully saturated rings. The highest BCUT2D eigenvalue weighted by Gasteiger charge is 2.56. The topological polar surface area (TPSA) is 66.8 Å². The number of Topliss-reactive ketones (excluding diaryl/α,β-unsaturated/α-hetero) is 1. The Morgan fingerprint density at radius 2 is 1.93 bits per heavy atom. The number of ketones is 1. The van der Waals surface area contributed by atoms with Crippen LogP contribution >= 0.6 is 0 Å². The van der Waals surface area contributed by atoms with Gasteiger partial charge in [0.05, 0.1) is 18.6 Å². The van der Waals surface area contributed by atoms with E-state index < -0.39 is 0 Å². The molecule has 1 saturated heterocycles. The van der Waals surface area contributed by atoms with E-state index in [9.17, 15) is 14.7 Å². The Morgan fingerprint density at radius 1 is 1.21 bits per heavy atom. The Balaban J connectivity index is 1.43. The summed E-state index contributed by atoms with van der Waals surface area (Å²) in [6, 6.07) is 9.91. The van der Waals surface area contributed by atoms with E-state index in [2.05, 4.69) is 0 Å². The second-order valence-corrected chi connectivity index (χ2v) is 8.23. The van der Waals surface area contributed by atoms with Gasteiger partial charge in [0, 0.05) is 43.5 Å². The third-order valence-corrected chi connectivity index (χ3v) is 6.91. The van der Waals surface area contributed by atoms with Gasteiger partial charge < -0.3 is 14.7 Å². The minimum Gasteiger partial charge on any atom is -0.392 e. The first-order chi connectivity index (χ1) is 13.5. The van der Waals surface area contributed by atoms with Gasteiger partial charge in [-0.05, 0) is 37.3 Å². The fourth-order valence-corrected chi connectivity index (χ4v) is 5.12. The molecule has 4 rings (SSSR count). The van der Waals surface area contributed by atoms with Crippen LogP contribution in [-0.2, 0) is 14.3 Å². The number of rotatable bonds is 5. The van der Waals surface area contributed by atoms with E-state index in [0.717, 1.165) is 30.4 Å². The number of piperidine rings is 1. The Morgan fingerprint density at radius 3 is 2.57 bits per heavy atom. The third kappa shape index (κ3) is 3.31. The molecule has 2 atom stereocenters. The molecule has 1 saturated carbocycles. The third-order valence-electron chi connectivity index (χ3n) is 6.91. The van der Waals surface area contributed by atoms with E-state index in [0.29, 0.717) is 38.1 Å². The van der Waals surface area contributed by atoms with E-state index in [1.54, 1.807) is 0 Å². The zero-order chi connectivity index (χ0) is 19.7. The lowest BCUT2D eigenvalue weighted by molar-refractivity contribution is -0.210. The summed E-state index contributed by atoms with van der Waals surface area (Å²) in [5.74, 6) is 0.127. The molecule has 150 valence electrons. The summed E-state index contributed by atoms with van der Waals surface area (Å²) < 4.78 is 5.81. The molecule has 0 radical (unpaired) electrons. The lowest BCUT2D eigenvalue weighted by Gasteiger charge is -2.56. The largest absolute Gasteiger partial charge is 0.392 e. The van der Waals surface area contributed by atoms with Gasteiger partial charge in [-0.1, -0.05) is 30.3 Å². The number of hydrogen-bond acceptors (Lipinski definition) is 4. The molecule has 1 aliphatic heterocycles. The van der Waals surface area contributed by atoms with Crippen LogP contribution in [0.2, 0.25) is 0 Å². The number of carbonyl (C=O) groups excluding carboxylic acids is 2. The van der Waals surface area contributed by atoms with E-state index in [1.807, 2.05) is 42.2 Å². The van der Waals surface area contributed by atoms with Crippen molar-refractivity contribution in [3.63, 3.8) is 0 Å². The molecule has 28 heavy (non-hydrogen) atoms. The summed E-state index contributed by atoms with van der Waals surface area (Å²) >= 11 is 0. The number of hydrogen-bond donors (Lipinski definition) is 1. The summed E-state index contributed by atoms with van der Waals surface area (Å²) in [5.41, 5.74) is 2.57. The van der Waals surface area contributed by atoms with E-state index in [1.165, 1.54) is 0 Å². The average molecular weight is 383 g/mol. The molecular formula is C23H29NO4. The zero-order valence-electron chi connectivity index (χ0n) is 16.5. The van der Waals surface area contributed by atoms with Gasteiger partial charge in [-0.2, -0.15) is 0 Å². The van der Waals surface area contributed by atoms with Crippen LogP contribution in [0.15, 0.2) is 35.9 Å². The molecule has 1 amide bonds. The van der Waals surface area contributed by atoms with Crippen molar-refractivity contribution in [2.75, 3.05) is 19.7 Å². The predicted octanol–water partition coefficient (Wildman–Crippen LogP) is 2.97. The molecule has 1 aromatic rings. The first kappa shape index (κ1) is 19.3. The molecule has 1 N–H and O–H groups in total. The number of ether oxygens (including phenoxy) is 1. The fourth-order valence-electron chi connectivity index (χ4n) is 5.12. The van der Waals surface area contributed by atoms with Crippen LogP contribution in [-0.4, -0.2) is 53.6 Å². The van der Waals surface area contributed by atoms with Crippen LogP contribution in [0.3, 0.4) is 0 Å². The quantitative estimate of drug-likeness (QED) is 0.849. The smallest absolute Gasteiger partial charge is 0.227 e. The number of likely N-dealkylation sites (tertiary alicyclic amines) is 1. The Bertz CT molecular complexity index is 775. The van der Waals surface area contributed by atoms with Crippen LogP contribution < -0.4 is 0 Å². The van der Waals surface area contributed by atoms with Crippen molar-refractivity contribution in [1.29, 1.82) is 0 Å². The molecule has 0 bridgehead atoms. The molecule has 0 aromatic heterocycles. The first-order valence-corrected chi connectivity index (χ1v) is 10.4. The number of carbonyl (C=O) groups is 2. The lowest BCUT2D eigenvalue weighted by atomic mass is 9.58. The first-order valence-electron chi connectivity index (χ1n) is 10.4. The van der Waals surface area contributed by atoms with E-state index >= 15 is 0 Å². The van der Waals surface area contributed by atoms with Gasteiger partial charge in [0.15, 0.2) is 5.78 Å². The molecular weight excluding hydrogens is 354 g/mol.